The predicted molar refractivity (Wildman–Crippen MR) is 131 cm³/mol. The number of hydrogen-bond acceptors (Lipinski definition) is 4. The van der Waals surface area contributed by atoms with Gasteiger partial charge >= 0.3 is 0 Å². The summed E-state index contributed by atoms with van der Waals surface area (Å²) in [5.41, 5.74) is 0.334. The maximum Gasteiger partial charge on any atom is 0.296 e. The van der Waals surface area contributed by atoms with Gasteiger partial charge in [0.05, 0.1) is 12.8 Å². The van der Waals surface area contributed by atoms with E-state index in [1.165, 1.54) is 90.2 Å². The van der Waals surface area contributed by atoms with Gasteiger partial charge in [-0.05, 0) is 44.2 Å². The van der Waals surface area contributed by atoms with Gasteiger partial charge in [-0.2, -0.15) is 8.42 Å². The zero-order valence-electron chi connectivity index (χ0n) is 19.6. The van der Waals surface area contributed by atoms with Crippen LogP contribution in [0, 0.1) is 0 Å². The highest BCUT2D eigenvalue weighted by atomic mass is 32.2. The second kappa shape index (κ2) is 17.1. The fourth-order valence-corrected chi connectivity index (χ4v) is 4.34. The number of unbranched alkanes of at least 4 members (excludes halogenated alkanes) is 12. The zero-order valence-corrected chi connectivity index (χ0v) is 20.4. The van der Waals surface area contributed by atoms with Crippen LogP contribution in [0.1, 0.15) is 96.8 Å². The van der Waals surface area contributed by atoms with Crippen molar-refractivity contribution in [1.82, 2.24) is 0 Å². The third-order valence-electron chi connectivity index (χ3n) is 5.48. The molecule has 0 spiro atoms. The number of rotatable bonds is 19. The number of ether oxygens (including phenoxy) is 1. The smallest absolute Gasteiger partial charge is 0.296 e. The molecule has 0 atom stereocenters. The summed E-state index contributed by atoms with van der Waals surface area (Å²) in [4.78, 5) is -0.142. The molecule has 0 radical (unpaired) electrons. The summed E-state index contributed by atoms with van der Waals surface area (Å²) in [6.07, 6.45) is 22.2. The van der Waals surface area contributed by atoms with Crippen LogP contribution < -0.4 is 10.1 Å². The largest absolute Gasteiger partial charge is 0.495 e. The average Bonchev–Trinajstić information content (AvgIpc) is 2.75. The maximum atomic E-state index is 11.6. The van der Waals surface area contributed by atoms with E-state index in [-0.39, 0.29) is 4.90 Å². The Balaban J connectivity index is 2.06. The van der Waals surface area contributed by atoms with Crippen molar-refractivity contribution in [3.8, 4) is 5.75 Å². The molecule has 0 heterocycles. The van der Waals surface area contributed by atoms with Crippen molar-refractivity contribution in [3.63, 3.8) is 0 Å². The van der Waals surface area contributed by atoms with Crippen LogP contribution in [0.15, 0.2) is 35.2 Å². The van der Waals surface area contributed by atoms with Gasteiger partial charge < -0.3 is 10.1 Å². The molecule has 1 rings (SSSR count). The highest BCUT2D eigenvalue weighted by Gasteiger charge is 2.18. The predicted octanol–water partition coefficient (Wildman–Crippen LogP) is 7.39. The molecule has 31 heavy (non-hydrogen) atoms. The third-order valence-corrected chi connectivity index (χ3v) is 6.37. The van der Waals surface area contributed by atoms with E-state index in [1.54, 1.807) is 12.1 Å². The fraction of sp³-hybridized carbons (Fsp3) is 0.680. The summed E-state index contributed by atoms with van der Waals surface area (Å²) in [5, 5.41) is 3.12. The third kappa shape index (κ3) is 12.8. The van der Waals surface area contributed by atoms with Crippen LogP contribution in [0.3, 0.4) is 0 Å². The second-order valence-corrected chi connectivity index (χ2v) is 9.56. The lowest BCUT2D eigenvalue weighted by atomic mass is 10.1. The van der Waals surface area contributed by atoms with Gasteiger partial charge in [-0.25, -0.2) is 0 Å². The van der Waals surface area contributed by atoms with Gasteiger partial charge in [-0.1, -0.05) is 82.9 Å². The number of nitrogens with one attached hydrogen (secondary N) is 1. The molecule has 1 aromatic rings. The summed E-state index contributed by atoms with van der Waals surface area (Å²) >= 11 is 0. The van der Waals surface area contributed by atoms with Crippen molar-refractivity contribution in [3.05, 3.63) is 30.4 Å². The molecule has 0 aliphatic rings. The molecule has 1 aromatic carbocycles. The molecular weight excluding hydrogens is 410 g/mol. The van der Waals surface area contributed by atoms with E-state index < -0.39 is 10.1 Å². The van der Waals surface area contributed by atoms with Gasteiger partial charge in [0.2, 0.25) is 0 Å². The molecule has 0 aromatic heterocycles. The molecule has 0 aliphatic carbocycles. The van der Waals surface area contributed by atoms with E-state index in [0.29, 0.717) is 18.0 Å². The van der Waals surface area contributed by atoms with Crippen LogP contribution in [0.4, 0.5) is 5.69 Å². The minimum Gasteiger partial charge on any atom is -0.495 e. The highest BCUT2D eigenvalue weighted by molar-refractivity contribution is 7.86. The SMILES string of the molecule is CCCCCCCCC=CCCCCCCCCNc1c(OC)cccc1S(=O)(=O)O. The van der Waals surface area contributed by atoms with Crippen molar-refractivity contribution < 1.29 is 17.7 Å². The quantitative estimate of drug-likeness (QED) is 0.130. The van der Waals surface area contributed by atoms with Crippen LogP contribution >= 0.6 is 0 Å². The minimum absolute atomic E-state index is 0.142. The Morgan fingerprint density at radius 2 is 1.42 bits per heavy atom. The van der Waals surface area contributed by atoms with E-state index in [4.69, 9.17) is 4.74 Å². The molecule has 0 fully saturated rings. The van der Waals surface area contributed by atoms with Crippen LogP contribution in [0.5, 0.6) is 5.75 Å². The Kier molecular flexibility index (Phi) is 15.2. The normalized spacial score (nSPS) is 11.8. The minimum atomic E-state index is -4.29. The summed E-state index contributed by atoms with van der Waals surface area (Å²) < 4.78 is 37.7. The molecule has 178 valence electrons. The fourth-order valence-electron chi connectivity index (χ4n) is 3.66. The topological polar surface area (TPSA) is 75.6 Å². The van der Waals surface area contributed by atoms with Gasteiger partial charge in [0.25, 0.3) is 10.1 Å². The van der Waals surface area contributed by atoms with Crippen molar-refractivity contribution in [2.45, 2.75) is 102 Å². The van der Waals surface area contributed by atoms with Crippen LogP contribution in [0.25, 0.3) is 0 Å². The lowest BCUT2D eigenvalue weighted by molar-refractivity contribution is 0.414. The Bertz CT molecular complexity index is 716. The summed E-state index contributed by atoms with van der Waals surface area (Å²) in [5.74, 6) is 0.416. The Labute approximate surface area is 190 Å². The van der Waals surface area contributed by atoms with E-state index in [9.17, 15) is 13.0 Å². The lowest BCUT2D eigenvalue weighted by Gasteiger charge is -2.14. The van der Waals surface area contributed by atoms with E-state index in [0.717, 1.165) is 12.8 Å². The molecule has 5 nitrogen and oxygen atoms in total. The van der Waals surface area contributed by atoms with Crippen LogP contribution in [-0.2, 0) is 10.1 Å². The number of allylic oxidation sites excluding steroid dienone is 2. The summed E-state index contributed by atoms with van der Waals surface area (Å²) in [6, 6.07) is 4.61. The summed E-state index contributed by atoms with van der Waals surface area (Å²) in [6.45, 7) is 2.90. The molecule has 0 saturated carbocycles. The number of hydrogen-bond donors (Lipinski definition) is 2. The van der Waals surface area contributed by atoms with Crippen LogP contribution in [0.2, 0.25) is 0 Å². The molecule has 2 N–H and O–H groups in total. The number of anilines is 1. The monoisotopic (exact) mass is 453 g/mol. The Morgan fingerprint density at radius 3 is 1.97 bits per heavy atom. The van der Waals surface area contributed by atoms with Gasteiger partial charge in [-0.15, -0.1) is 0 Å². The van der Waals surface area contributed by atoms with Crippen molar-refractivity contribution in [1.29, 1.82) is 0 Å². The standard InChI is InChI=1S/C25H43NO4S/c1-3-4-5-6-7-8-9-10-11-12-13-14-15-16-17-18-22-26-25-23(30-2)20-19-21-24(25)31(27,28)29/h10-11,19-21,26H,3-9,12-18,22H2,1-2H3,(H,27,28,29). The number of methoxy groups -OCH3 is 1. The van der Waals surface area contributed by atoms with Gasteiger partial charge in [0, 0.05) is 6.54 Å². The van der Waals surface area contributed by atoms with Crippen LogP contribution in [-0.4, -0.2) is 26.6 Å². The van der Waals surface area contributed by atoms with Gasteiger partial charge in [-0.3, -0.25) is 4.55 Å². The molecule has 6 heteroatoms. The lowest BCUT2D eigenvalue weighted by Crippen LogP contribution is -2.09. The van der Waals surface area contributed by atoms with E-state index in [1.807, 2.05) is 0 Å². The number of benzene rings is 1. The van der Waals surface area contributed by atoms with E-state index >= 15 is 0 Å². The molecule has 0 saturated heterocycles. The van der Waals surface area contributed by atoms with Crippen molar-refractivity contribution in [2.24, 2.45) is 0 Å². The van der Waals surface area contributed by atoms with Gasteiger partial charge in [0.1, 0.15) is 10.6 Å². The molecule has 0 unspecified atom stereocenters. The number of para-hydroxylation sites is 1. The molecule has 0 bridgehead atoms. The first-order valence-corrected chi connectivity index (χ1v) is 13.5. The van der Waals surface area contributed by atoms with Gasteiger partial charge in [0.15, 0.2) is 0 Å². The summed E-state index contributed by atoms with van der Waals surface area (Å²) in [7, 11) is -2.80. The molecule has 0 amide bonds. The highest BCUT2D eigenvalue weighted by Crippen LogP contribution is 2.31. The first-order valence-electron chi connectivity index (χ1n) is 12.0. The Morgan fingerprint density at radius 1 is 0.871 bits per heavy atom. The Hall–Kier alpha value is -1.53. The molecule has 0 aliphatic heterocycles. The second-order valence-electron chi connectivity index (χ2n) is 8.17. The molecular formula is C25H43NO4S. The zero-order chi connectivity index (χ0) is 22.8. The maximum absolute atomic E-state index is 11.6. The first kappa shape index (κ1) is 27.5. The van der Waals surface area contributed by atoms with E-state index in [2.05, 4.69) is 24.4 Å². The van der Waals surface area contributed by atoms with Crippen molar-refractivity contribution >= 4 is 15.8 Å². The first-order chi connectivity index (χ1) is 15.0. The average molecular weight is 454 g/mol. The van der Waals surface area contributed by atoms with Crippen molar-refractivity contribution in [2.75, 3.05) is 19.0 Å².